The predicted octanol–water partition coefficient (Wildman–Crippen LogP) is 0.974. The zero-order chi connectivity index (χ0) is 17.3. The van der Waals surface area contributed by atoms with Crippen LogP contribution in [0.5, 0.6) is 0 Å². The summed E-state index contributed by atoms with van der Waals surface area (Å²) >= 11 is 0. The molecule has 0 unspecified atom stereocenters. The summed E-state index contributed by atoms with van der Waals surface area (Å²) in [4.78, 5) is 24.7. The van der Waals surface area contributed by atoms with Gasteiger partial charge in [-0.2, -0.15) is 5.10 Å². The van der Waals surface area contributed by atoms with E-state index in [1.54, 1.807) is 31.6 Å². The van der Waals surface area contributed by atoms with Crippen molar-refractivity contribution in [2.24, 2.45) is 7.05 Å². The van der Waals surface area contributed by atoms with Crippen LogP contribution in [-0.4, -0.2) is 56.1 Å². The normalized spacial score (nSPS) is 16.8. The first-order valence-electron chi connectivity index (χ1n) is 7.52. The molecule has 0 atom stereocenters. The third kappa shape index (κ3) is 4.44. The fourth-order valence-electron chi connectivity index (χ4n) is 2.57. The smallest absolute Gasteiger partial charge is 0.410 e. The van der Waals surface area contributed by atoms with E-state index in [9.17, 15) is 9.59 Å². The van der Waals surface area contributed by atoms with Gasteiger partial charge in [0.25, 0.3) is 0 Å². The molecule has 1 amide bonds. The predicted molar refractivity (Wildman–Crippen MR) is 82.8 cm³/mol. The van der Waals surface area contributed by atoms with Crippen molar-refractivity contribution in [3.8, 4) is 0 Å². The quantitative estimate of drug-likeness (QED) is 0.838. The number of nitrogens with zero attached hydrogens (tertiary/aromatic N) is 3. The van der Waals surface area contributed by atoms with Crippen LogP contribution in [0.4, 0.5) is 4.79 Å². The lowest BCUT2D eigenvalue weighted by Gasteiger charge is -2.49. The van der Waals surface area contributed by atoms with Crippen LogP contribution in [-0.2, 0) is 23.1 Å². The summed E-state index contributed by atoms with van der Waals surface area (Å²) in [6, 6.07) is 1.87. The molecule has 23 heavy (non-hydrogen) atoms. The Morgan fingerprint density at radius 1 is 1.43 bits per heavy atom. The van der Waals surface area contributed by atoms with Crippen molar-refractivity contribution in [3.05, 3.63) is 18.0 Å². The Hall–Kier alpha value is -2.09. The number of aliphatic carboxylic acids is 1. The third-order valence-electron chi connectivity index (χ3n) is 3.70. The Morgan fingerprint density at radius 2 is 2.09 bits per heavy atom. The number of rotatable bonds is 5. The highest BCUT2D eigenvalue weighted by molar-refractivity contribution is 5.73. The Kier molecular flexibility index (Phi) is 4.65. The topological polar surface area (TPSA) is 96.7 Å². The highest BCUT2D eigenvalue weighted by Gasteiger charge is 2.47. The molecule has 0 spiro atoms. The summed E-state index contributed by atoms with van der Waals surface area (Å²) in [6.45, 7) is 6.52. The molecule has 8 nitrogen and oxygen atoms in total. The number of ether oxygens (including phenoxy) is 1. The van der Waals surface area contributed by atoms with Gasteiger partial charge in [-0.05, 0) is 26.8 Å². The Balaban J connectivity index is 1.96. The second kappa shape index (κ2) is 6.19. The van der Waals surface area contributed by atoms with Crippen LogP contribution in [0, 0.1) is 0 Å². The van der Waals surface area contributed by atoms with Crippen LogP contribution in [0.1, 0.15) is 32.9 Å². The lowest BCUT2D eigenvalue weighted by molar-refractivity contribution is -0.141. The van der Waals surface area contributed by atoms with Crippen molar-refractivity contribution < 1.29 is 19.4 Å². The molecule has 0 aliphatic carbocycles. The maximum Gasteiger partial charge on any atom is 0.410 e. The molecule has 1 aromatic heterocycles. The Labute approximate surface area is 135 Å². The minimum atomic E-state index is -0.897. The summed E-state index contributed by atoms with van der Waals surface area (Å²) in [6.07, 6.45) is 1.22. The maximum absolute atomic E-state index is 12.0. The van der Waals surface area contributed by atoms with Crippen molar-refractivity contribution in [2.45, 2.75) is 44.9 Å². The average Bonchev–Trinajstić information content (AvgIpc) is 2.74. The summed E-state index contributed by atoms with van der Waals surface area (Å²) in [5, 5.41) is 16.5. The SMILES string of the molecule is Cn1nccc1CNC1(CC(=O)O)CN(C(=O)OC(C)(C)C)C1. The van der Waals surface area contributed by atoms with E-state index in [4.69, 9.17) is 9.84 Å². The minimum absolute atomic E-state index is 0.0514. The van der Waals surface area contributed by atoms with Crippen molar-refractivity contribution in [3.63, 3.8) is 0 Å². The molecule has 1 aliphatic rings. The van der Waals surface area contributed by atoms with Gasteiger partial charge in [0.2, 0.25) is 0 Å². The van der Waals surface area contributed by atoms with Gasteiger partial charge in [-0.1, -0.05) is 0 Å². The molecule has 2 N–H and O–H groups in total. The van der Waals surface area contributed by atoms with Crippen molar-refractivity contribution in [1.29, 1.82) is 0 Å². The lowest BCUT2D eigenvalue weighted by atomic mass is 9.86. The van der Waals surface area contributed by atoms with Crippen molar-refractivity contribution in [1.82, 2.24) is 20.0 Å². The largest absolute Gasteiger partial charge is 0.481 e. The fraction of sp³-hybridized carbons (Fsp3) is 0.667. The average molecular weight is 324 g/mol. The molecule has 8 heteroatoms. The van der Waals surface area contributed by atoms with E-state index < -0.39 is 23.2 Å². The standard InChI is InChI=1S/C15H24N4O4/c1-14(2,3)23-13(22)19-9-15(10-19,7-12(20)21)16-8-11-5-6-17-18(11)4/h5-6,16H,7-10H2,1-4H3,(H,20,21). The number of likely N-dealkylation sites (tertiary alicyclic amines) is 1. The second-order valence-corrected chi connectivity index (χ2v) is 6.99. The molecule has 0 bridgehead atoms. The van der Waals surface area contributed by atoms with E-state index in [2.05, 4.69) is 10.4 Å². The van der Waals surface area contributed by atoms with E-state index >= 15 is 0 Å². The number of aromatic nitrogens is 2. The number of nitrogens with one attached hydrogen (secondary N) is 1. The third-order valence-corrected chi connectivity index (χ3v) is 3.70. The van der Waals surface area contributed by atoms with Crippen molar-refractivity contribution in [2.75, 3.05) is 13.1 Å². The van der Waals surface area contributed by atoms with Crippen LogP contribution in [0.2, 0.25) is 0 Å². The van der Waals surface area contributed by atoms with Crippen LogP contribution in [0.3, 0.4) is 0 Å². The second-order valence-electron chi connectivity index (χ2n) is 6.99. The highest BCUT2D eigenvalue weighted by Crippen LogP contribution is 2.27. The molecule has 0 radical (unpaired) electrons. The van der Waals surface area contributed by atoms with Crippen LogP contribution >= 0.6 is 0 Å². The van der Waals surface area contributed by atoms with Gasteiger partial charge < -0.3 is 20.1 Å². The Morgan fingerprint density at radius 3 is 2.57 bits per heavy atom. The van der Waals surface area contributed by atoms with Gasteiger partial charge in [0.15, 0.2) is 0 Å². The van der Waals surface area contributed by atoms with Gasteiger partial charge in [0.1, 0.15) is 5.60 Å². The number of amides is 1. The monoisotopic (exact) mass is 324 g/mol. The summed E-state index contributed by atoms with van der Waals surface area (Å²) in [5.41, 5.74) is -0.248. The molecular formula is C15H24N4O4. The van der Waals surface area contributed by atoms with Gasteiger partial charge in [-0.3, -0.25) is 9.48 Å². The van der Waals surface area contributed by atoms with Gasteiger partial charge in [0, 0.05) is 32.9 Å². The van der Waals surface area contributed by atoms with Gasteiger partial charge in [-0.25, -0.2) is 4.79 Å². The summed E-state index contributed by atoms with van der Waals surface area (Å²) < 4.78 is 7.04. The number of carboxylic acids is 1. The molecule has 1 saturated heterocycles. The number of hydrogen-bond donors (Lipinski definition) is 2. The van der Waals surface area contributed by atoms with E-state index in [0.717, 1.165) is 5.69 Å². The zero-order valence-corrected chi connectivity index (χ0v) is 14.0. The first-order chi connectivity index (χ1) is 10.6. The highest BCUT2D eigenvalue weighted by atomic mass is 16.6. The van der Waals surface area contributed by atoms with E-state index in [0.29, 0.717) is 19.6 Å². The molecule has 1 aromatic rings. The molecular weight excluding hydrogens is 300 g/mol. The van der Waals surface area contributed by atoms with Gasteiger partial charge in [0.05, 0.1) is 17.7 Å². The van der Waals surface area contributed by atoms with Crippen molar-refractivity contribution >= 4 is 12.1 Å². The first kappa shape index (κ1) is 17.3. The van der Waals surface area contributed by atoms with Crippen LogP contribution < -0.4 is 5.32 Å². The fourth-order valence-corrected chi connectivity index (χ4v) is 2.57. The number of hydrogen-bond acceptors (Lipinski definition) is 5. The number of aryl methyl sites for hydroxylation is 1. The number of carbonyl (C=O) groups is 2. The minimum Gasteiger partial charge on any atom is -0.481 e. The van der Waals surface area contributed by atoms with Gasteiger partial charge in [-0.15, -0.1) is 0 Å². The van der Waals surface area contributed by atoms with E-state index in [1.807, 2.05) is 13.1 Å². The number of carbonyl (C=O) groups excluding carboxylic acids is 1. The summed E-state index contributed by atoms with van der Waals surface area (Å²) in [7, 11) is 1.83. The molecule has 2 rings (SSSR count). The van der Waals surface area contributed by atoms with Crippen LogP contribution in [0.15, 0.2) is 12.3 Å². The van der Waals surface area contributed by atoms with E-state index in [-0.39, 0.29) is 6.42 Å². The summed E-state index contributed by atoms with van der Waals surface area (Å²) in [5.74, 6) is -0.897. The Bertz CT molecular complexity index is 585. The molecule has 0 saturated carbocycles. The number of carboxylic acid groups (broad SMARTS) is 1. The molecule has 128 valence electrons. The zero-order valence-electron chi connectivity index (χ0n) is 14.0. The lowest BCUT2D eigenvalue weighted by Crippen LogP contribution is -2.71. The maximum atomic E-state index is 12.0. The first-order valence-corrected chi connectivity index (χ1v) is 7.52. The van der Waals surface area contributed by atoms with Gasteiger partial charge >= 0.3 is 12.1 Å². The molecule has 2 heterocycles. The molecule has 0 aromatic carbocycles. The molecule has 1 fully saturated rings. The van der Waals surface area contributed by atoms with E-state index in [1.165, 1.54) is 4.90 Å². The van der Waals surface area contributed by atoms with Crippen LogP contribution in [0.25, 0.3) is 0 Å². The molecule has 1 aliphatic heterocycles.